The van der Waals surface area contributed by atoms with Gasteiger partial charge in [-0.15, -0.1) is 0 Å². The first kappa shape index (κ1) is 23.0. The number of carbonyl (C=O) groups is 2. The average Bonchev–Trinajstić information content (AvgIpc) is 3.19. The number of ether oxygens (including phenoxy) is 1. The summed E-state index contributed by atoms with van der Waals surface area (Å²) in [5, 5.41) is 9.58. The maximum Gasteiger partial charge on any atom is 0.512 e. The number of carbonyl (C=O) groups excluding carboxylic acids is 1. The molecule has 2 heterocycles. The van der Waals surface area contributed by atoms with Crippen LogP contribution in [0.25, 0.3) is 10.4 Å². The standard InChI is InChI=1S/C24H29NO5S2/c1-16-7-9-18(10-8-16)22(26)25(19-11-13-32(29)14-12-19)20-15-21(17-5-3-2-4-6-17)31-23(20)30-24(27)28/h2-6,15-16,18-19H,7-14H2,1H3,(H,27,28). The normalized spacial score (nSPS) is 25.8. The first-order chi connectivity index (χ1) is 15.4. The largest absolute Gasteiger partial charge is 0.512 e. The predicted octanol–water partition coefficient (Wildman–Crippen LogP) is 5.54. The zero-order valence-corrected chi connectivity index (χ0v) is 19.8. The van der Waals surface area contributed by atoms with Crippen LogP contribution in [0.3, 0.4) is 0 Å². The molecule has 2 aliphatic rings. The smallest absolute Gasteiger partial charge is 0.449 e. The van der Waals surface area contributed by atoms with Crippen LogP contribution in [-0.2, 0) is 15.6 Å². The molecule has 1 saturated heterocycles. The molecule has 32 heavy (non-hydrogen) atoms. The van der Waals surface area contributed by atoms with Gasteiger partial charge in [0.05, 0.1) is 5.69 Å². The van der Waals surface area contributed by atoms with Crippen LogP contribution in [-0.4, -0.2) is 38.9 Å². The molecule has 0 spiro atoms. The Labute approximate surface area is 195 Å². The van der Waals surface area contributed by atoms with E-state index in [0.29, 0.717) is 36.0 Å². The third-order valence-electron chi connectivity index (χ3n) is 6.50. The third kappa shape index (κ3) is 5.23. The van der Waals surface area contributed by atoms with Gasteiger partial charge in [-0.25, -0.2) is 4.79 Å². The molecule has 0 radical (unpaired) electrons. The molecule has 6 nitrogen and oxygen atoms in total. The van der Waals surface area contributed by atoms with Gasteiger partial charge >= 0.3 is 6.16 Å². The summed E-state index contributed by atoms with van der Waals surface area (Å²) >= 11 is 1.24. The molecule has 0 bridgehead atoms. The number of anilines is 1. The second kappa shape index (κ2) is 10.2. The third-order valence-corrected chi connectivity index (χ3v) is 8.94. The second-order valence-corrected chi connectivity index (χ2v) is 11.5. The van der Waals surface area contributed by atoms with Crippen molar-refractivity contribution in [3.8, 4) is 15.5 Å². The Kier molecular flexibility index (Phi) is 7.30. The second-order valence-electron chi connectivity index (χ2n) is 8.76. The molecule has 172 valence electrons. The summed E-state index contributed by atoms with van der Waals surface area (Å²) in [6, 6.07) is 11.5. The highest BCUT2D eigenvalue weighted by atomic mass is 32.2. The summed E-state index contributed by atoms with van der Waals surface area (Å²) in [5.74, 6) is 1.71. The van der Waals surface area contributed by atoms with Crippen molar-refractivity contribution < 1.29 is 23.6 Å². The van der Waals surface area contributed by atoms with Gasteiger partial charge in [0, 0.05) is 39.1 Å². The lowest BCUT2D eigenvalue weighted by molar-refractivity contribution is -0.124. The van der Waals surface area contributed by atoms with Gasteiger partial charge in [-0.3, -0.25) is 9.00 Å². The molecular weight excluding hydrogens is 446 g/mol. The number of hydrogen-bond donors (Lipinski definition) is 1. The van der Waals surface area contributed by atoms with Gasteiger partial charge in [0.25, 0.3) is 0 Å². The minimum atomic E-state index is -1.39. The maximum absolute atomic E-state index is 13.8. The van der Waals surface area contributed by atoms with E-state index in [1.165, 1.54) is 11.3 Å². The van der Waals surface area contributed by atoms with Crippen LogP contribution in [0, 0.1) is 11.8 Å². The molecule has 1 aromatic carbocycles. The molecule has 8 heteroatoms. The lowest BCUT2D eigenvalue weighted by Gasteiger charge is -2.37. The highest BCUT2D eigenvalue weighted by Gasteiger charge is 2.37. The molecule has 1 saturated carbocycles. The van der Waals surface area contributed by atoms with Gasteiger partial charge in [0.15, 0.2) is 0 Å². The average molecular weight is 476 g/mol. The molecule has 0 unspecified atom stereocenters. The molecule has 1 aromatic heterocycles. The fourth-order valence-electron chi connectivity index (χ4n) is 4.67. The minimum Gasteiger partial charge on any atom is -0.449 e. The molecule has 1 amide bonds. The molecule has 0 atom stereocenters. The van der Waals surface area contributed by atoms with Crippen molar-refractivity contribution in [2.75, 3.05) is 16.4 Å². The summed E-state index contributed by atoms with van der Waals surface area (Å²) in [6.45, 7) is 2.22. The maximum atomic E-state index is 13.8. The predicted molar refractivity (Wildman–Crippen MR) is 128 cm³/mol. The Balaban J connectivity index is 1.73. The lowest BCUT2D eigenvalue weighted by atomic mass is 9.82. The molecule has 1 aliphatic carbocycles. The Morgan fingerprint density at radius 1 is 1.06 bits per heavy atom. The molecule has 2 aromatic rings. The Morgan fingerprint density at radius 2 is 1.72 bits per heavy atom. The van der Waals surface area contributed by atoms with Crippen molar-refractivity contribution in [1.82, 2.24) is 0 Å². The van der Waals surface area contributed by atoms with Crippen molar-refractivity contribution in [2.45, 2.75) is 51.5 Å². The summed E-state index contributed by atoms with van der Waals surface area (Å²) in [5.41, 5.74) is 1.47. The Hall–Kier alpha value is -2.19. The molecule has 1 aliphatic heterocycles. The molecule has 4 rings (SSSR count). The first-order valence-corrected chi connectivity index (χ1v) is 13.5. The zero-order chi connectivity index (χ0) is 22.7. The summed E-state index contributed by atoms with van der Waals surface area (Å²) in [4.78, 5) is 27.9. The first-order valence-electron chi connectivity index (χ1n) is 11.2. The SMILES string of the molecule is CC1CCC(C(=O)N(c2cc(-c3ccccc3)sc2OC(=O)O)C2CCS(=O)CC2)CC1. The van der Waals surface area contributed by atoms with E-state index in [1.807, 2.05) is 36.4 Å². The number of nitrogens with zero attached hydrogens (tertiary/aromatic N) is 1. The number of amides is 1. The highest BCUT2D eigenvalue weighted by molar-refractivity contribution is 7.85. The molecule has 2 fully saturated rings. The topological polar surface area (TPSA) is 83.9 Å². The number of hydrogen-bond acceptors (Lipinski definition) is 5. The van der Waals surface area contributed by atoms with Crippen molar-refractivity contribution >= 4 is 39.9 Å². The van der Waals surface area contributed by atoms with Gasteiger partial charge in [-0.05, 0) is 56.1 Å². The fraction of sp³-hybridized carbons (Fsp3) is 0.500. The van der Waals surface area contributed by atoms with E-state index in [9.17, 15) is 18.9 Å². The van der Waals surface area contributed by atoms with E-state index in [0.717, 1.165) is 36.1 Å². The van der Waals surface area contributed by atoms with Crippen LogP contribution in [0.4, 0.5) is 10.5 Å². The summed E-state index contributed by atoms with van der Waals surface area (Å²) < 4.78 is 17.2. The number of rotatable bonds is 5. The van der Waals surface area contributed by atoms with E-state index in [4.69, 9.17) is 4.74 Å². The monoisotopic (exact) mass is 475 g/mol. The van der Waals surface area contributed by atoms with Crippen LogP contribution in [0.15, 0.2) is 36.4 Å². The summed E-state index contributed by atoms with van der Waals surface area (Å²) in [6.07, 6.45) is 3.64. The summed E-state index contributed by atoms with van der Waals surface area (Å²) in [7, 11) is -0.856. The number of thiophene rings is 1. The van der Waals surface area contributed by atoms with Crippen molar-refractivity contribution in [1.29, 1.82) is 0 Å². The highest BCUT2D eigenvalue weighted by Crippen LogP contribution is 2.45. The fourth-order valence-corrected chi connectivity index (χ4v) is 6.94. The van der Waals surface area contributed by atoms with Gasteiger partial charge in [0.2, 0.25) is 11.0 Å². The Bertz CT molecular complexity index is 972. The van der Waals surface area contributed by atoms with Crippen LogP contribution < -0.4 is 9.64 Å². The van der Waals surface area contributed by atoms with Gasteiger partial charge < -0.3 is 14.7 Å². The van der Waals surface area contributed by atoms with Crippen LogP contribution >= 0.6 is 11.3 Å². The molecular formula is C24H29NO5S2. The quantitative estimate of drug-likeness (QED) is 0.574. The lowest BCUT2D eigenvalue weighted by Crippen LogP contribution is -2.47. The van der Waals surface area contributed by atoms with Crippen molar-refractivity contribution in [3.05, 3.63) is 36.4 Å². The van der Waals surface area contributed by atoms with Gasteiger partial charge in [-0.2, -0.15) is 0 Å². The number of benzene rings is 1. The Morgan fingerprint density at radius 3 is 2.34 bits per heavy atom. The van der Waals surface area contributed by atoms with E-state index < -0.39 is 17.0 Å². The van der Waals surface area contributed by atoms with E-state index >= 15 is 0 Å². The number of carboxylic acid groups (broad SMARTS) is 1. The van der Waals surface area contributed by atoms with Crippen LogP contribution in [0.5, 0.6) is 5.06 Å². The van der Waals surface area contributed by atoms with E-state index in [2.05, 4.69) is 6.92 Å². The zero-order valence-electron chi connectivity index (χ0n) is 18.2. The van der Waals surface area contributed by atoms with E-state index in [1.54, 1.807) is 4.90 Å². The van der Waals surface area contributed by atoms with Gasteiger partial charge in [0.1, 0.15) is 0 Å². The minimum absolute atomic E-state index is 0.0437. The van der Waals surface area contributed by atoms with Crippen molar-refractivity contribution in [2.24, 2.45) is 11.8 Å². The molecule has 1 N–H and O–H groups in total. The van der Waals surface area contributed by atoms with Gasteiger partial charge in [-0.1, -0.05) is 48.6 Å². The van der Waals surface area contributed by atoms with Crippen LogP contribution in [0.2, 0.25) is 0 Å². The van der Waals surface area contributed by atoms with Crippen molar-refractivity contribution in [3.63, 3.8) is 0 Å². The van der Waals surface area contributed by atoms with Crippen LogP contribution in [0.1, 0.15) is 45.4 Å². The van der Waals surface area contributed by atoms with E-state index in [-0.39, 0.29) is 22.9 Å².